The van der Waals surface area contributed by atoms with Crippen molar-refractivity contribution < 1.29 is 13.5 Å². The van der Waals surface area contributed by atoms with E-state index in [1.807, 2.05) is 24.4 Å². The monoisotopic (exact) mass is 471 g/mol. The molecule has 4 heterocycles. The van der Waals surface area contributed by atoms with Crippen LogP contribution in [0.25, 0.3) is 11.1 Å². The summed E-state index contributed by atoms with van der Waals surface area (Å²) in [6.45, 7) is 4.53. The number of nitrogens with zero attached hydrogens (tertiary/aromatic N) is 4. The fourth-order valence-electron chi connectivity index (χ4n) is 4.17. The van der Waals surface area contributed by atoms with Gasteiger partial charge in [-0.3, -0.25) is 0 Å². The molecule has 2 aliphatic heterocycles. The van der Waals surface area contributed by atoms with E-state index < -0.39 is 17.7 Å². The van der Waals surface area contributed by atoms with Crippen LogP contribution in [-0.2, 0) is 0 Å². The van der Waals surface area contributed by atoms with Gasteiger partial charge in [0.2, 0.25) is 0 Å². The fourth-order valence-corrected chi connectivity index (χ4v) is 4.37. The standard InChI is InChI=1S/C24H24ClF2N5O/c1-31-8-10-32(11-9-31)21-5-2-15(13-29-21)16-12-17-20(6-7-28-24(17)30-14-16)33-23-19(27)4-3-18(26)22(23)25/h2-5,12-14,20H,6-11H2,1H3,(H,28,30). The van der Waals surface area contributed by atoms with Gasteiger partial charge in [0.15, 0.2) is 11.6 Å². The van der Waals surface area contributed by atoms with E-state index in [1.54, 1.807) is 6.20 Å². The number of pyridine rings is 2. The predicted octanol–water partition coefficient (Wildman–Crippen LogP) is 4.76. The molecule has 2 aromatic heterocycles. The van der Waals surface area contributed by atoms with Crippen LogP contribution in [-0.4, -0.2) is 54.6 Å². The molecule has 0 aliphatic carbocycles. The molecule has 0 radical (unpaired) electrons. The van der Waals surface area contributed by atoms with Crippen molar-refractivity contribution >= 4 is 23.2 Å². The molecule has 1 N–H and O–H groups in total. The van der Waals surface area contributed by atoms with Crippen LogP contribution in [0.3, 0.4) is 0 Å². The zero-order chi connectivity index (χ0) is 22.9. The molecule has 1 unspecified atom stereocenters. The lowest BCUT2D eigenvalue weighted by molar-refractivity contribution is 0.186. The molecule has 0 bridgehead atoms. The second-order valence-electron chi connectivity index (χ2n) is 8.35. The Morgan fingerprint density at radius 3 is 2.52 bits per heavy atom. The second kappa shape index (κ2) is 9.11. The molecule has 33 heavy (non-hydrogen) atoms. The fraction of sp³-hybridized carbons (Fsp3) is 0.333. The Morgan fingerprint density at radius 2 is 1.76 bits per heavy atom. The van der Waals surface area contributed by atoms with Crippen LogP contribution in [0.5, 0.6) is 5.75 Å². The maximum Gasteiger partial charge on any atom is 0.177 e. The highest BCUT2D eigenvalue weighted by Crippen LogP contribution is 2.39. The van der Waals surface area contributed by atoms with Gasteiger partial charge in [0.25, 0.3) is 0 Å². The Balaban J connectivity index is 1.40. The molecule has 0 spiro atoms. The number of fused-ring (bicyclic) bond motifs is 1. The molecule has 1 fully saturated rings. The minimum Gasteiger partial charge on any atom is -0.481 e. The quantitative estimate of drug-likeness (QED) is 0.553. The van der Waals surface area contributed by atoms with Crippen LogP contribution >= 0.6 is 11.6 Å². The number of halogens is 3. The molecule has 1 aromatic carbocycles. The van der Waals surface area contributed by atoms with Gasteiger partial charge in [0.05, 0.1) is 0 Å². The van der Waals surface area contributed by atoms with E-state index in [-0.39, 0.29) is 10.8 Å². The van der Waals surface area contributed by atoms with E-state index in [4.69, 9.17) is 16.3 Å². The van der Waals surface area contributed by atoms with Crippen molar-refractivity contribution in [2.24, 2.45) is 0 Å². The molecule has 2 aliphatic rings. The SMILES string of the molecule is CN1CCN(c2ccc(-c3cnc4c(c3)C(Oc3c(F)ccc(F)c3Cl)CCN4)cn2)CC1. The summed E-state index contributed by atoms with van der Waals surface area (Å²) in [4.78, 5) is 13.8. The number of aromatic nitrogens is 2. The normalized spacial score (nSPS) is 18.5. The van der Waals surface area contributed by atoms with Crippen LogP contribution in [0, 0.1) is 11.6 Å². The zero-order valence-corrected chi connectivity index (χ0v) is 18.9. The van der Waals surface area contributed by atoms with E-state index in [9.17, 15) is 8.78 Å². The molecule has 9 heteroatoms. The average molecular weight is 472 g/mol. The van der Waals surface area contributed by atoms with Gasteiger partial charge in [-0.15, -0.1) is 0 Å². The van der Waals surface area contributed by atoms with Crippen LogP contribution < -0.4 is 15.0 Å². The van der Waals surface area contributed by atoms with Gasteiger partial charge >= 0.3 is 0 Å². The Hall–Kier alpha value is -2.97. The summed E-state index contributed by atoms with van der Waals surface area (Å²) in [5.74, 6) is -0.0881. The maximum absolute atomic E-state index is 14.3. The Kier molecular flexibility index (Phi) is 6.03. The third kappa shape index (κ3) is 4.45. The average Bonchev–Trinajstić information content (AvgIpc) is 2.84. The van der Waals surface area contributed by atoms with Gasteiger partial charge in [0.1, 0.15) is 28.6 Å². The highest BCUT2D eigenvalue weighted by Gasteiger charge is 2.26. The van der Waals surface area contributed by atoms with Crippen LogP contribution in [0.2, 0.25) is 5.02 Å². The van der Waals surface area contributed by atoms with E-state index in [0.717, 1.165) is 60.8 Å². The third-order valence-electron chi connectivity index (χ3n) is 6.13. The van der Waals surface area contributed by atoms with Crippen molar-refractivity contribution in [3.8, 4) is 16.9 Å². The lowest BCUT2D eigenvalue weighted by Gasteiger charge is -2.33. The first-order valence-corrected chi connectivity index (χ1v) is 11.3. The van der Waals surface area contributed by atoms with E-state index >= 15 is 0 Å². The summed E-state index contributed by atoms with van der Waals surface area (Å²) in [6.07, 6.45) is 3.66. The summed E-state index contributed by atoms with van der Waals surface area (Å²) in [5.41, 5.74) is 2.55. The van der Waals surface area contributed by atoms with Crippen molar-refractivity contribution in [2.75, 3.05) is 50.0 Å². The highest BCUT2D eigenvalue weighted by atomic mass is 35.5. The largest absolute Gasteiger partial charge is 0.481 e. The Bertz CT molecular complexity index is 1150. The first-order valence-electron chi connectivity index (χ1n) is 10.9. The Labute approximate surface area is 196 Å². The van der Waals surface area contributed by atoms with Crippen LogP contribution in [0.4, 0.5) is 20.4 Å². The van der Waals surface area contributed by atoms with E-state index in [0.29, 0.717) is 18.8 Å². The number of piperazine rings is 1. The van der Waals surface area contributed by atoms with Crippen LogP contribution in [0.1, 0.15) is 18.1 Å². The van der Waals surface area contributed by atoms with E-state index in [1.165, 1.54) is 0 Å². The topological polar surface area (TPSA) is 53.5 Å². The minimum atomic E-state index is -0.722. The maximum atomic E-state index is 14.3. The molecule has 6 nitrogen and oxygen atoms in total. The number of anilines is 2. The number of nitrogens with one attached hydrogen (secondary N) is 1. The number of hydrogen-bond donors (Lipinski definition) is 1. The number of likely N-dealkylation sites (N-methyl/N-ethyl adjacent to an activating group) is 1. The summed E-state index contributed by atoms with van der Waals surface area (Å²) < 4.78 is 34.0. The van der Waals surface area contributed by atoms with Gasteiger partial charge in [-0.25, -0.2) is 18.7 Å². The number of ether oxygens (including phenoxy) is 1. The molecule has 1 atom stereocenters. The van der Waals surface area contributed by atoms with Crippen molar-refractivity contribution in [2.45, 2.75) is 12.5 Å². The van der Waals surface area contributed by atoms with Gasteiger partial charge in [-0.05, 0) is 37.4 Å². The zero-order valence-electron chi connectivity index (χ0n) is 18.2. The molecular weight excluding hydrogens is 448 g/mol. The molecule has 1 saturated heterocycles. The first kappa shape index (κ1) is 21.9. The number of benzene rings is 1. The van der Waals surface area contributed by atoms with Gasteiger partial charge in [-0.1, -0.05) is 11.6 Å². The van der Waals surface area contributed by atoms with Crippen molar-refractivity contribution in [1.29, 1.82) is 0 Å². The summed E-state index contributed by atoms with van der Waals surface area (Å²) in [5, 5.41) is 2.88. The summed E-state index contributed by atoms with van der Waals surface area (Å²) in [6, 6.07) is 8.00. The van der Waals surface area contributed by atoms with Crippen molar-refractivity contribution in [3.05, 3.63) is 64.9 Å². The lowest BCUT2D eigenvalue weighted by Crippen LogP contribution is -2.44. The van der Waals surface area contributed by atoms with Gasteiger partial charge in [-0.2, -0.15) is 0 Å². The third-order valence-corrected chi connectivity index (χ3v) is 6.49. The smallest absolute Gasteiger partial charge is 0.177 e. The number of rotatable bonds is 4. The van der Waals surface area contributed by atoms with Crippen LogP contribution in [0.15, 0.2) is 42.7 Å². The molecular formula is C24H24ClF2N5O. The number of hydrogen-bond acceptors (Lipinski definition) is 6. The molecule has 0 saturated carbocycles. The highest BCUT2D eigenvalue weighted by molar-refractivity contribution is 6.32. The first-order chi connectivity index (χ1) is 16.0. The molecule has 0 amide bonds. The minimum absolute atomic E-state index is 0.280. The summed E-state index contributed by atoms with van der Waals surface area (Å²) >= 11 is 5.97. The van der Waals surface area contributed by atoms with Crippen molar-refractivity contribution in [1.82, 2.24) is 14.9 Å². The lowest BCUT2D eigenvalue weighted by atomic mass is 9.99. The molecule has 3 aromatic rings. The summed E-state index contributed by atoms with van der Waals surface area (Å²) in [7, 11) is 2.12. The molecule has 172 valence electrons. The Morgan fingerprint density at radius 1 is 1.00 bits per heavy atom. The van der Waals surface area contributed by atoms with Gasteiger partial charge in [0, 0.05) is 68.2 Å². The van der Waals surface area contributed by atoms with Crippen molar-refractivity contribution in [3.63, 3.8) is 0 Å². The van der Waals surface area contributed by atoms with Gasteiger partial charge < -0.3 is 19.9 Å². The molecule has 5 rings (SSSR count). The predicted molar refractivity (Wildman–Crippen MR) is 125 cm³/mol. The van der Waals surface area contributed by atoms with E-state index in [2.05, 4.69) is 32.1 Å². The second-order valence-corrected chi connectivity index (χ2v) is 8.73.